The summed E-state index contributed by atoms with van der Waals surface area (Å²) in [6, 6.07) is 12.3. The summed E-state index contributed by atoms with van der Waals surface area (Å²) in [6.45, 7) is 2.47. The van der Waals surface area contributed by atoms with Crippen molar-refractivity contribution >= 4 is 10.9 Å². The summed E-state index contributed by atoms with van der Waals surface area (Å²) < 4.78 is 18.4. The van der Waals surface area contributed by atoms with E-state index in [2.05, 4.69) is 28.2 Å². The van der Waals surface area contributed by atoms with E-state index in [-0.39, 0.29) is 5.82 Å². The summed E-state index contributed by atoms with van der Waals surface area (Å²) in [5.74, 6) is 1.11. The van der Waals surface area contributed by atoms with Gasteiger partial charge in [0.05, 0.1) is 13.2 Å². The third kappa shape index (κ3) is 3.84. The summed E-state index contributed by atoms with van der Waals surface area (Å²) in [7, 11) is 1.69. The number of halogens is 1. The molecule has 1 aliphatic rings. The van der Waals surface area contributed by atoms with Crippen molar-refractivity contribution in [2.24, 2.45) is 0 Å². The molecular weight excluding hydrogens is 343 g/mol. The molecular formula is C22H25FN2O2. The van der Waals surface area contributed by atoms with Gasteiger partial charge in [-0.05, 0) is 73.3 Å². The fraction of sp³-hybridized carbons (Fsp3) is 0.364. The maximum absolute atomic E-state index is 13.0. The normalized spacial score (nSPS) is 17.3. The summed E-state index contributed by atoms with van der Waals surface area (Å²) >= 11 is 0. The van der Waals surface area contributed by atoms with Crippen LogP contribution in [0.4, 0.5) is 4.39 Å². The molecule has 0 saturated carbocycles. The van der Waals surface area contributed by atoms with E-state index in [0.29, 0.717) is 12.5 Å². The van der Waals surface area contributed by atoms with Gasteiger partial charge in [-0.3, -0.25) is 0 Å². The van der Waals surface area contributed by atoms with Gasteiger partial charge in [0.25, 0.3) is 0 Å². The van der Waals surface area contributed by atoms with Crippen molar-refractivity contribution in [2.75, 3.05) is 26.7 Å². The molecule has 4 rings (SSSR count). The van der Waals surface area contributed by atoms with E-state index in [9.17, 15) is 9.50 Å². The molecule has 2 aromatic carbocycles. The molecule has 0 amide bonds. The molecule has 2 N–H and O–H groups in total. The summed E-state index contributed by atoms with van der Waals surface area (Å²) in [5.41, 5.74) is 3.25. The van der Waals surface area contributed by atoms with Crippen LogP contribution in [0, 0.1) is 5.82 Å². The first-order valence-electron chi connectivity index (χ1n) is 9.45. The Hall–Kier alpha value is -2.37. The molecule has 0 bridgehead atoms. The molecule has 1 aromatic heterocycles. The molecule has 1 saturated heterocycles. The van der Waals surface area contributed by atoms with Gasteiger partial charge in [-0.15, -0.1) is 0 Å². The van der Waals surface area contributed by atoms with Crippen molar-refractivity contribution in [3.05, 3.63) is 65.6 Å². The van der Waals surface area contributed by atoms with Gasteiger partial charge in [-0.1, -0.05) is 12.1 Å². The molecule has 1 unspecified atom stereocenters. The first-order chi connectivity index (χ1) is 13.1. The van der Waals surface area contributed by atoms with Gasteiger partial charge in [0, 0.05) is 23.6 Å². The van der Waals surface area contributed by atoms with Crippen LogP contribution in [0.25, 0.3) is 10.9 Å². The van der Waals surface area contributed by atoms with E-state index in [4.69, 9.17) is 4.74 Å². The van der Waals surface area contributed by atoms with Crippen LogP contribution in [-0.2, 0) is 0 Å². The summed E-state index contributed by atoms with van der Waals surface area (Å²) in [4.78, 5) is 5.66. The first-order valence-corrected chi connectivity index (χ1v) is 9.45. The topological polar surface area (TPSA) is 48.5 Å². The van der Waals surface area contributed by atoms with Gasteiger partial charge >= 0.3 is 0 Å². The Kier molecular flexibility index (Phi) is 5.14. The highest BCUT2D eigenvalue weighted by molar-refractivity contribution is 5.85. The number of aliphatic hydroxyl groups excluding tert-OH is 1. The van der Waals surface area contributed by atoms with Gasteiger partial charge in [0.2, 0.25) is 0 Å². The Morgan fingerprint density at radius 1 is 1.19 bits per heavy atom. The number of H-pyrrole nitrogens is 1. The summed E-state index contributed by atoms with van der Waals surface area (Å²) in [5, 5.41) is 11.7. The van der Waals surface area contributed by atoms with Crippen molar-refractivity contribution in [1.82, 2.24) is 9.88 Å². The molecule has 142 valence electrons. The van der Waals surface area contributed by atoms with E-state index in [1.54, 1.807) is 19.2 Å². The highest BCUT2D eigenvalue weighted by Crippen LogP contribution is 2.35. The minimum atomic E-state index is -0.584. The second kappa shape index (κ2) is 7.71. The van der Waals surface area contributed by atoms with Crippen LogP contribution in [0.3, 0.4) is 0 Å². The lowest BCUT2D eigenvalue weighted by Crippen LogP contribution is -2.36. The van der Waals surface area contributed by atoms with Crippen molar-refractivity contribution < 1.29 is 14.2 Å². The SMILES string of the molecule is COc1ccc2[nH]cc(C3CCN(CC(O)c4ccc(F)cc4)CC3)c2c1. The van der Waals surface area contributed by atoms with Crippen LogP contribution in [0.5, 0.6) is 5.75 Å². The standard InChI is InChI=1S/C22H25FN2O2/c1-27-18-6-7-21-19(12-18)20(13-24-21)15-8-10-25(11-9-15)14-22(26)16-2-4-17(23)5-3-16/h2-7,12-13,15,22,24,26H,8-11,14H2,1H3. The van der Waals surface area contributed by atoms with E-state index >= 15 is 0 Å². The van der Waals surface area contributed by atoms with Crippen LogP contribution in [0.15, 0.2) is 48.7 Å². The molecule has 4 nitrogen and oxygen atoms in total. The van der Waals surface area contributed by atoms with Gasteiger partial charge in [-0.25, -0.2) is 4.39 Å². The minimum absolute atomic E-state index is 0.276. The molecule has 0 spiro atoms. The number of likely N-dealkylation sites (tertiary alicyclic amines) is 1. The molecule has 3 aromatic rings. The zero-order valence-corrected chi connectivity index (χ0v) is 15.5. The number of hydrogen-bond donors (Lipinski definition) is 2. The first kappa shape index (κ1) is 18.0. The molecule has 0 radical (unpaired) electrons. The number of ether oxygens (including phenoxy) is 1. The molecule has 0 aliphatic carbocycles. The second-order valence-corrected chi connectivity index (χ2v) is 7.30. The van der Waals surface area contributed by atoms with Gasteiger partial charge in [0.1, 0.15) is 11.6 Å². The fourth-order valence-electron chi connectivity index (χ4n) is 4.05. The fourth-order valence-corrected chi connectivity index (χ4v) is 4.05. The number of β-amino-alcohol motifs (C(OH)–C–C–N with tert-alkyl or cyclic N) is 1. The Labute approximate surface area is 158 Å². The van der Waals surface area contributed by atoms with Gasteiger partial charge in [0.15, 0.2) is 0 Å². The average Bonchev–Trinajstić information content (AvgIpc) is 3.12. The molecule has 2 heterocycles. The highest BCUT2D eigenvalue weighted by atomic mass is 19.1. The van der Waals surface area contributed by atoms with E-state index in [1.807, 2.05) is 6.07 Å². The van der Waals surface area contributed by atoms with Crippen LogP contribution < -0.4 is 4.74 Å². The predicted octanol–water partition coefficient (Wildman–Crippen LogP) is 4.23. The van der Waals surface area contributed by atoms with Crippen LogP contribution in [0.1, 0.15) is 36.0 Å². The van der Waals surface area contributed by atoms with Crippen LogP contribution in [-0.4, -0.2) is 41.7 Å². The van der Waals surface area contributed by atoms with Crippen molar-refractivity contribution in [2.45, 2.75) is 24.9 Å². The quantitative estimate of drug-likeness (QED) is 0.709. The van der Waals surface area contributed by atoms with E-state index in [0.717, 1.165) is 42.8 Å². The van der Waals surface area contributed by atoms with Crippen molar-refractivity contribution in [3.63, 3.8) is 0 Å². The Bertz CT molecular complexity index is 898. The zero-order valence-electron chi connectivity index (χ0n) is 15.5. The largest absolute Gasteiger partial charge is 0.497 e. The maximum Gasteiger partial charge on any atom is 0.123 e. The zero-order chi connectivity index (χ0) is 18.8. The third-order valence-corrected chi connectivity index (χ3v) is 5.63. The van der Waals surface area contributed by atoms with Gasteiger partial charge < -0.3 is 19.7 Å². The lowest BCUT2D eigenvalue weighted by atomic mass is 9.89. The lowest BCUT2D eigenvalue weighted by Gasteiger charge is -2.33. The Balaban J connectivity index is 1.39. The molecule has 27 heavy (non-hydrogen) atoms. The predicted molar refractivity (Wildman–Crippen MR) is 105 cm³/mol. The number of fused-ring (bicyclic) bond motifs is 1. The smallest absolute Gasteiger partial charge is 0.123 e. The number of rotatable bonds is 5. The van der Waals surface area contributed by atoms with Crippen LogP contribution in [0.2, 0.25) is 0 Å². The number of aromatic amines is 1. The third-order valence-electron chi connectivity index (χ3n) is 5.63. The molecule has 1 aliphatic heterocycles. The number of hydrogen-bond acceptors (Lipinski definition) is 3. The van der Waals surface area contributed by atoms with Gasteiger partial charge in [-0.2, -0.15) is 0 Å². The Morgan fingerprint density at radius 2 is 1.93 bits per heavy atom. The number of benzene rings is 2. The van der Waals surface area contributed by atoms with E-state index in [1.165, 1.54) is 23.1 Å². The second-order valence-electron chi connectivity index (χ2n) is 7.30. The number of piperidine rings is 1. The van der Waals surface area contributed by atoms with Crippen molar-refractivity contribution in [1.29, 1.82) is 0 Å². The molecule has 1 atom stereocenters. The highest BCUT2D eigenvalue weighted by Gasteiger charge is 2.24. The minimum Gasteiger partial charge on any atom is -0.497 e. The average molecular weight is 368 g/mol. The number of nitrogens with one attached hydrogen (secondary N) is 1. The number of aromatic nitrogens is 1. The van der Waals surface area contributed by atoms with Crippen LogP contribution >= 0.6 is 0 Å². The molecule has 5 heteroatoms. The van der Waals surface area contributed by atoms with E-state index < -0.39 is 6.10 Å². The lowest BCUT2D eigenvalue weighted by molar-refractivity contribution is 0.0973. The number of methoxy groups -OCH3 is 1. The number of nitrogens with zero attached hydrogens (tertiary/aromatic N) is 1. The monoisotopic (exact) mass is 368 g/mol. The number of aliphatic hydroxyl groups is 1. The summed E-state index contributed by atoms with van der Waals surface area (Å²) in [6.07, 6.45) is 3.65. The van der Waals surface area contributed by atoms with Crippen molar-refractivity contribution in [3.8, 4) is 5.75 Å². The Morgan fingerprint density at radius 3 is 2.63 bits per heavy atom. The molecule has 1 fully saturated rings. The maximum atomic E-state index is 13.0.